The molecule has 0 radical (unpaired) electrons. The van der Waals surface area contributed by atoms with Crippen LogP contribution in [0.25, 0.3) is 11.4 Å². The minimum atomic E-state index is -0.364. The van der Waals surface area contributed by atoms with Crippen LogP contribution in [0.1, 0.15) is 34.7 Å². The number of anilines is 2. The summed E-state index contributed by atoms with van der Waals surface area (Å²) in [7, 11) is 1.39. The molecule has 3 aromatic rings. The zero-order valence-corrected chi connectivity index (χ0v) is 15.5. The van der Waals surface area contributed by atoms with E-state index in [0.717, 1.165) is 5.56 Å². The molecule has 0 unspecified atom stereocenters. The van der Waals surface area contributed by atoms with Crippen LogP contribution in [0.4, 0.5) is 11.4 Å². The Bertz CT molecular complexity index is 985. The molecule has 0 atom stereocenters. The fourth-order valence-corrected chi connectivity index (χ4v) is 3.14. The molecule has 0 bridgehead atoms. The molecule has 0 saturated heterocycles. The van der Waals surface area contributed by atoms with Crippen LogP contribution in [0.15, 0.2) is 54.9 Å². The summed E-state index contributed by atoms with van der Waals surface area (Å²) in [5.74, 6) is 0.777. The lowest BCUT2D eigenvalue weighted by Gasteiger charge is -2.12. The second kappa shape index (κ2) is 7.37. The Labute approximate surface area is 162 Å². The maximum atomic E-state index is 12.2. The molecule has 1 heterocycles. The number of nitrogens with one attached hydrogen (secondary N) is 1. The van der Waals surface area contributed by atoms with Crippen LogP contribution in [0.3, 0.4) is 0 Å². The Morgan fingerprint density at radius 2 is 1.93 bits per heavy atom. The van der Waals surface area contributed by atoms with Gasteiger partial charge >= 0.3 is 5.97 Å². The maximum absolute atomic E-state index is 12.2. The van der Waals surface area contributed by atoms with Gasteiger partial charge in [-0.05, 0) is 48.6 Å². The van der Waals surface area contributed by atoms with E-state index >= 15 is 0 Å². The van der Waals surface area contributed by atoms with Crippen LogP contribution in [0.2, 0.25) is 5.02 Å². The molecule has 0 spiro atoms. The first-order valence-corrected chi connectivity index (χ1v) is 9.09. The third-order valence-electron chi connectivity index (χ3n) is 4.51. The summed E-state index contributed by atoms with van der Waals surface area (Å²) in [5, 5.41) is 3.85. The molecule has 1 fully saturated rings. The van der Waals surface area contributed by atoms with Gasteiger partial charge < -0.3 is 10.1 Å². The lowest BCUT2D eigenvalue weighted by atomic mass is 10.0. The van der Waals surface area contributed by atoms with Crippen molar-refractivity contribution in [1.29, 1.82) is 0 Å². The van der Waals surface area contributed by atoms with E-state index < -0.39 is 0 Å². The molecule has 6 heteroatoms. The Morgan fingerprint density at radius 3 is 2.59 bits per heavy atom. The summed E-state index contributed by atoms with van der Waals surface area (Å²) in [6.45, 7) is 0. The van der Waals surface area contributed by atoms with Gasteiger partial charge in [-0.15, -0.1) is 0 Å². The molecule has 1 N–H and O–H groups in total. The predicted octanol–water partition coefficient (Wildman–Crippen LogP) is 5.20. The fraction of sp³-hybridized carbons (Fsp3) is 0.190. The number of halogens is 1. The largest absolute Gasteiger partial charge is 0.465 e. The minimum absolute atomic E-state index is 0.364. The lowest BCUT2D eigenvalue weighted by molar-refractivity contribution is 0.0602. The van der Waals surface area contributed by atoms with E-state index in [9.17, 15) is 4.79 Å². The van der Waals surface area contributed by atoms with Crippen LogP contribution in [-0.4, -0.2) is 23.0 Å². The summed E-state index contributed by atoms with van der Waals surface area (Å²) in [6.07, 6.45) is 5.70. The highest BCUT2D eigenvalue weighted by Gasteiger charge is 2.25. The average molecular weight is 380 g/mol. The Kier molecular flexibility index (Phi) is 4.77. The highest BCUT2D eigenvalue weighted by molar-refractivity contribution is 6.30. The summed E-state index contributed by atoms with van der Waals surface area (Å²) >= 11 is 6.02. The van der Waals surface area contributed by atoms with Crippen molar-refractivity contribution in [2.75, 3.05) is 12.4 Å². The molecule has 0 aliphatic heterocycles. The van der Waals surface area contributed by atoms with Gasteiger partial charge in [-0.2, -0.15) is 0 Å². The standard InChI is InChI=1S/C21H18ClN3O2/c1-27-21(26)18-10-14(13-5-6-13)7-8-19(18)25-17-11-23-20(24-12-17)15-3-2-4-16(22)9-15/h2-4,7-13,25H,5-6H2,1H3. The van der Waals surface area contributed by atoms with Crippen molar-refractivity contribution < 1.29 is 9.53 Å². The third-order valence-corrected chi connectivity index (χ3v) is 4.75. The van der Waals surface area contributed by atoms with Gasteiger partial charge in [0.05, 0.1) is 36.4 Å². The number of hydrogen-bond donors (Lipinski definition) is 1. The summed E-state index contributed by atoms with van der Waals surface area (Å²) in [6, 6.07) is 13.2. The van der Waals surface area contributed by atoms with Gasteiger partial charge in [0, 0.05) is 10.6 Å². The number of ether oxygens (including phenoxy) is 1. The number of hydrogen-bond acceptors (Lipinski definition) is 5. The molecule has 5 nitrogen and oxygen atoms in total. The number of aromatic nitrogens is 2. The van der Waals surface area contributed by atoms with Gasteiger partial charge in [0.15, 0.2) is 5.82 Å². The Balaban J connectivity index is 1.59. The molecule has 1 aliphatic carbocycles. The van der Waals surface area contributed by atoms with Gasteiger partial charge in [-0.3, -0.25) is 0 Å². The first-order valence-electron chi connectivity index (χ1n) is 8.71. The van der Waals surface area contributed by atoms with Crippen molar-refractivity contribution in [3.05, 3.63) is 71.0 Å². The first kappa shape index (κ1) is 17.5. The molecular formula is C21H18ClN3O2. The van der Waals surface area contributed by atoms with Gasteiger partial charge in [-0.25, -0.2) is 14.8 Å². The monoisotopic (exact) mass is 379 g/mol. The van der Waals surface area contributed by atoms with Crippen molar-refractivity contribution >= 4 is 28.9 Å². The van der Waals surface area contributed by atoms with Crippen LogP contribution >= 0.6 is 11.6 Å². The predicted molar refractivity (Wildman–Crippen MR) is 106 cm³/mol. The van der Waals surface area contributed by atoms with Crippen molar-refractivity contribution in [1.82, 2.24) is 9.97 Å². The molecule has 0 amide bonds. The normalized spacial score (nSPS) is 13.3. The maximum Gasteiger partial charge on any atom is 0.339 e. The second-order valence-corrected chi connectivity index (χ2v) is 6.94. The highest BCUT2D eigenvalue weighted by atomic mass is 35.5. The van der Waals surface area contributed by atoms with Crippen molar-refractivity contribution in [2.24, 2.45) is 0 Å². The van der Waals surface area contributed by atoms with E-state index in [-0.39, 0.29) is 5.97 Å². The van der Waals surface area contributed by atoms with E-state index in [2.05, 4.69) is 15.3 Å². The number of benzene rings is 2. The van der Waals surface area contributed by atoms with Gasteiger partial charge in [-0.1, -0.05) is 29.8 Å². The first-order chi connectivity index (χ1) is 13.1. The SMILES string of the molecule is COC(=O)c1cc(C2CC2)ccc1Nc1cnc(-c2cccc(Cl)c2)nc1. The molecule has 1 saturated carbocycles. The topological polar surface area (TPSA) is 64.1 Å². The minimum Gasteiger partial charge on any atom is -0.465 e. The zero-order chi connectivity index (χ0) is 18.8. The average Bonchev–Trinajstić information content (AvgIpc) is 3.53. The molecule has 4 rings (SSSR count). The van der Waals surface area contributed by atoms with Crippen LogP contribution in [0, 0.1) is 0 Å². The summed E-state index contributed by atoms with van der Waals surface area (Å²) < 4.78 is 4.94. The van der Waals surface area contributed by atoms with Gasteiger partial charge in [0.2, 0.25) is 0 Å². The number of nitrogens with zero attached hydrogens (tertiary/aromatic N) is 2. The van der Waals surface area contributed by atoms with Crippen LogP contribution in [-0.2, 0) is 4.74 Å². The van der Waals surface area contributed by atoms with Crippen molar-refractivity contribution in [3.8, 4) is 11.4 Å². The molecular weight excluding hydrogens is 362 g/mol. The number of methoxy groups -OCH3 is 1. The van der Waals surface area contributed by atoms with Gasteiger partial charge in [0.25, 0.3) is 0 Å². The fourth-order valence-electron chi connectivity index (χ4n) is 2.95. The van der Waals surface area contributed by atoms with E-state index in [1.54, 1.807) is 18.5 Å². The van der Waals surface area contributed by atoms with Crippen molar-refractivity contribution in [3.63, 3.8) is 0 Å². The van der Waals surface area contributed by atoms with E-state index in [0.29, 0.717) is 33.7 Å². The zero-order valence-electron chi connectivity index (χ0n) is 14.8. The summed E-state index contributed by atoms with van der Waals surface area (Å²) in [4.78, 5) is 21.0. The number of esters is 1. The number of rotatable bonds is 5. The van der Waals surface area contributed by atoms with Crippen molar-refractivity contribution in [2.45, 2.75) is 18.8 Å². The van der Waals surface area contributed by atoms with E-state index in [1.807, 2.05) is 36.4 Å². The lowest BCUT2D eigenvalue weighted by Crippen LogP contribution is -2.07. The third kappa shape index (κ3) is 3.93. The quantitative estimate of drug-likeness (QED) is 0.617. The number of carbonyl (C=O) groups excluding carboxylic acids is 1. The highest BCUT2D eigenvalue weighted by Crippen LogP contribution is 2.41. The van der Waals surface area contributed by atoms with Crippen LogP contribution in [0.5, 0.6) is 0 Å². The molecule has 27 heavy (non-hydrogen) atoms. The second-order valence-electron chi connectivity index (χ2n) is 6.50. The molecule has 1 aromatic heterocycles. The van der Waals surface area contributed by atoms with E-state index in [4.69, 9.17) is 16.3 Å². The van der Waals surface area contributed by atoms with Crippen LogP contribution < -0.4 is 5.32 Å². The van der Waals surface area contributed by atoms with Gasteiger partial charge in [0.1, 0.15) is 0 Å². The smallest absolute Gasteiger partial charge is 0.339 e. The summed E-state index contributed by atoms with van der Waals surface area (Å²) in [5.41, 5.74) is 3.89. The Morgan fingerprint density at radius 1 is 1.15 bits per heavy atom. The molecule has 1 aliphatic rings. The molecule has 136 valence electrons. The Hall–Kier alpha value is -2.92. The van der Waals surface area contributed by atoms with E-state index in [1.165, 1.54) is 25.5 Å². The number of carbonyl (C=O) groups is 1. The molecule has 2 aromatic carbocycles.